The lowest BCUT2D eigenvalue weighted by molar-refractivity contribution is 0.0593. The van der Waals surface area contributed by atoms with Crippen LogP contribution in [0, 0.1) is 17.8 Å². The Bertz CT molecular complexity index is 1010. The predicted octanol–water partition coefficient (Wildman–Crippen LogP) is 6.84. The second-order valence-electron chi connectivity index (χ2n) is 12.5. The van der Waals surface area contributed by atoms with Crippen molar-refractivity contribution in [3.8, 4) is 0 Å². The van der Waals surface area contributed by atoms with E-state index in [1.807, 2.05) is 10.9 Å². The summed E-state index contributed by atoms with van der Waals surface area (Å²) >= 11 is 0. The largest absolute Gasteiger partial charge is 0.464 e. The average molecular weight is 533 g/mol. The van der Waals surface area contributed by atoms with E-state index in [-0.39, 0.29) is 22.7 Å². The van der Waals surface area contributed by atoms with Crippen molar-refractivity contribution in [1.82, 2.24) is 20.0 Å². The summed E-state index contributed by atoms with van der Waals surface area (Å²) in [6.07, 6.45) is 11.4. The fourth-order valence-electron chi connectivity index (χ4n) is 5.30. The molecular weight excluding hydrogens is 484 g/mol. The molecule has 0 N–H and O–H groups in total. The van der Waals surface area contributed by atoms with Crippen LogP contribution in [-0.4, -0.2) is 47.5 Å². The summed E-state index contributed by atoms with van der Waals surface area (Å²) < 4.78 is 19.3. The van der Waals surface area contributed by atoms with Gasteiger partial charge in [-0.15, -0.1) is 5.10 Å². The Balaban J connectivity index is 1.77. The molecule has 0 bridgehead atoms. The molecule has 9 heteroatoms. The lowest BCUT2D eigenvalue weighted by atomic mass is 9.76. The zero-order valence-corrected chi connectivity index (χ0v) is 25.4. The van der Waals surface area contributed by atoms with Crippen molar-refractivity contribution < 1.29 is 18.4 Å². The maximum Gasteiger partial charge on any atom is 0.360 e. The molecule has 1 aliphatic rings. The molecule has 0 spiro atoms. The Morgan fingerprint density at radius 1 is 1.22 bits per heavy atom. The van der Waals surface area contributed by atoms with Gasteiger partial charge in [-0.3, -0.25) is 0 Å². The van der Waals surface area contributed by atoms with Crippen LogP contribution in [0.2, 0.25) is 18.1 Å². The molecule has 8 nitrogen and oxygen atoms in total. The van der Waals surface area contributed by atoms with E-state index in [9.17, 15) is 4.79 Å². The zero-order valence-electron chi connectivity index (χ0n) is 24.4. The summed E-state index contributed by atoms with van der Waals surface area (Å²) in [6.45, 7) is 18.2. The Kier molecular flexibility index (Phi) is 9.77. The van der Waals surface area contributed by atoms with Crippen LogP contribution in [0.3, 0.4) is 0 Å². The van der Waals surface area contributed by atoms with Gasteiger partial charge in [-0.1, -0.05) is 66.0 Å². The normalized spacial score (nSPS) is 22.6. The van der Waals surface area contributed by atoms with Gasteiger partial charge < -0.3 is 13.6 Å². The number of carbonyl (C=O) groups excluding carboxylic acids is 1. The third-order valence-electron chi connectivity index (χ3n) is 8.52. The Morgan fingerprint density at radius 3 is 2.54 bits per heavy atom. The molecule has 0 radical (unpaired) electrons. The SMILES string of the molecule is CCCC1CC(Cc2cn([C@H](c3nc(C(=O)OC)co3)C(C)CC)nn2)CC(O[Si](C)(C)C(C)(C)C)C1. The van der Waals surface area contributed by atoms with E-state index < -0.39 is 14.3 Å². The van der Waals surface area contributed by atoms with Crippen LogP contribution in [0.1, 0.15) is 108 Å². The van der Waals surface area contributed by atoms with Gasteiger partial charge in [0.25, 0.3) is 0 Å². The van der Waals surface area contributed by atoms with Gasteiger partial charge in [0, 0.05) is 12.3 Å². The van der Waals surface area contributed by atoms with E-state index in [1.54, 1.807) is 0 Å². The minimum absolute atomic E-state index is 0.170. The summed E-state index contributed by atoms with van der Waals surface area (Å²) in [5.74, 6) is 1.37. The second-order valence-corrected chi connectivity index (χ2v) is 17.3. The molecule has 2 aromatic rings. The number of oxazole rings is 1. The number of methoxy groups -OCH3 is 1. The first-order valence-corrected chi connectivity index (χ1v) is 16.9. The van der Waals surface area contributed by atoms with Crippen LogP contribution >= 0.6 is 0 Å². The fourth-order valence-corrected chi connectivity index (χ4v) is 6.68. The summed E-state index contributed by atoms with van der Waals surface area (Å²) in [7, 11) is -0.485. The molecule has 5 atom stereocenters. The average Bonchev–Trinajstić information content (AvgIpc) is 3.48. The van der Waals surface area contributed by atoms with Crippen LogP contribution in [-0.2, 0) is 15.6 Å². The summed E-state index contributed by atoms with van der Waals surface area (Å²) in [5.41, 5.74) is 1.16. The first kappa shape index (κ1) is 29.6. The van der Waals surface area contributed by atoms with Crippen molar-refractivity contribution in [2.24, 2.45) is 17.8 Å². The molecule has 0 aromatic carbocycles. The highest BCUT2D eigenvalue weighted by Crippen LogP contribution is 2.42. The van der Waals surface area contributed by atoms with Crippen LogP contribution < -0.4 is 0 Å². The Morgan fingerprint density at radius 2 is 1.92 bits per heavy atom. The summed E-state index contributed by atoms with van der Waals surface area (Å²) in [6, 6.07) is -0.237. The van der Waals surface area contributed by atoms with Gasteiger partial charge in [0.15, 0.2) is 14.0 Å². The smallest absolute Gasteiger partial charge is 0.360 e. The molecule has 0 aliphatic heterocycles. The van der Waals surface area contributed by atoms with E-state index >= 15 is 0 Å². The molecule has 208 valence electrons. The van der Waals surface area contributed by atoms with Gasteiger partial charge in [0.1, 0.15) is 12.3 Å². The van der Waals surface area contributed by atoms with E-state index in [1.165, 1.54) is 39.1 Å². The topological polar surface area (TPSA) is 92.3 Å². The lowest BCUT2D eigenvalue weighted by Gasteiger charge is -2.43. The number of hydrogen-bond acceptors (Lipinski definition) is 7. The van der Waals surface area contributed by atoms with Crippen molar-refractivity contribution >= 4 is 14.3 Å². The van der Waals surface area contributed by atoms with Crippen molar-refractivity contribution in [3.63, 3.8) is 0 Å². The van der Waals surface area contributed by atoms with Crippen molar-refractivity contribution in [3.05, 3.63) is 29.7 Å². The standard InChI is InChI=1S/C28H48N4O4Si/c1-10-12-20-13-21(16-23(15-20)36-37(8,9)28(4,5)6)14-22-17-32(31-30-22)25(19(3)11-2)26-29-24(18-35-26)27(33)34-7/h17-21,23,25H,10-16H2,1-9H3/t19?,20?,21?,23?,25-/m0/s1. The molecular formula is C28H48N4O4Si. The minimum atomic E-state index is -1.82. The molecule has 0 amide bonds. The zero-order chi connectivity index (χ0) is 27.4. The number of nitrogens with zero attached hydrogens (tertiary/aromatic N) is 4. The first-order valence-electron chi connectivity index (χ1n) is 14.0. The van der Waals surface area contributed by atoms with Gasteiger partial charge in [0.05, 0.1) is 12.8 Å². The van der Waals surface area contributed by atoms with Crippen LogP contribution in [0.4, 0.5) is 0 Å². The van der Waals surface area contributed by atoms with Crippen molar-refractivity contribution in [2.45, 2.75) is 117 Å². The highest BCUT2D eigenvalue weighted by molar-refractivity contribution is 6.74. The maximum absolute atomic E-state index is 11.9. The van der Waals surface area contributed by atoms with Gasteiger partial charge in [0.2, 0.25) is 5.89 Å². The van der Waals surface area contributed by atoms with E-state index in [2.05, 4.69) is 69.9 Å². The molecule has 1 fully saturated rings. The molecule has 3 rings (SSSR count). The fraction of sp³-hybridized carbons (Fsp3) is 0.786. The predicted molar refractivity (Wildman–Crippen MR) is 147 cm³/mol. The first-order chi connectivity index (χ1) is 17.4. The molecule has 1 aliphatic carbocycles. The van der Waals surface area contributed by atoms with Crippen molar-refractivity contribution in [2.75, 3.05) is 7.11 Å². The molecule has 2 aromatic heterocycles. The molecule has 1 saturated carbocycles. The van der Waals surface area contributed by atoms with E-state index in [0.29, 0.717) is 23.8 Å². The van der Waals surface area contributed by atoms with Gasteiger partial charge in [-0.2, -0.15) is 0 Å². The Labute approximate surface area is 224 Å². The van der Waals surface area contributed by atoms with Crippen LogP contribution in [0.25, 0.3) is 0 Å². The van der Waals surface area contributed by atoms with E-state index in [0.717, 1.165) is 25.0 Å². The summed E-state index contributed by atoms with van der Waals surface area (Å²) in [4.78, 5) is 16.3. The molecule has 37 heavy (non-hydrogen) atoms. The molecule has 2 heterocycles. The number of esters is 1. The minimum Gasteiger partial charge on any atom is -0.464 e. The quantitative estimate of drug-likeness (QED) is 0.231. The van der Waals surface area contributed by atoms with Gasteiger partial charge >= 0.3 is 5.97 Å². The number of rotatable bonds is 11. The van der Waals surface area contributed by atoms with Gasteiger partial charge in [-0.05, 0) is 61.6 Å². The van der Waals surface area contributed by atoms with Crippen molar-refractivity contribution in [1.29, 1.82) is 0 Å². The molecule has 4 unspecified atom stereocenters. The highest BCUT2D eigenvalue weighted by Gasteiger charge is 2.41. The molecule has 0 saturated heterocycles. The third kappa shape index (κ3) is 7.31. The number of aromatic nitrogens is 4. The van der Waals surface area contributed by atoms with Gasteiger partial charge in [-0.25, -0.2) is 14.5 Å². The number of hydrogen-bond donors (Lipinski definition) is 0. The number of carbonyl (C=O) groups is 1. The lowest BCUT2D eigenvalue weighted by Crippen LogP contribution is -2.46. The monoisotopic (exact) mass is 532 g/mol. The highest BCUT2D eigenvalue weighted by atomic mass is 28.4. The van der Waals surface area contributed by atoms with Crippen LogP contribution in [0.15, 0.2) is 16.9 Å². The maximum atomic E-state index is 11.9. The second kappa shape index (κ2) is 12.2. The Hall–Kier alpha value is -2.00. The third-order valence-corrected chi connectivity index (χ3v) is 13.1. The number of ether oxygens (including phenoxy) is 1. The summed E-state index contributed by atoms with van der Waals surface area (Å²) in [5, 5.41) is 9.26. The van der Waals surface area contributed by atoms with E-state index in [4.69, 9.17) is 13.6 Å². The van der Waals surface area contributed by atoms with Crippen LogP contribution in [0.5, 0.6) is 0 Å².